The summed E-state index contributed by atoms with van der Waals surface area (Å²) in [6.45, 7) is 4.61. The van der Waals surface area contributed by atoms with Crippen molar-refractivity contribution in [2.45, 2.75) is 26.4 Å². The summed E-state index contributed by atoms with van der Waals surface area (Å²) in [5.41, 5.74) is 0.836. The van der Waals surface area contributed by atoms with Crippen molar-refractivity contribution < 1.29 is 9.53 Å². The third kappa shape index (κ3) is 5.19. The van der Waals surface area contributed by atoms with Gasteiger partial charge in [0.1, 0.15) is 5.75 Å². The van der Waals surface area contributed by atoms with Crippen molar-refractivity contribution in [3.05, 3.63) is 27.7 Å². The minimum Gasteiger partial charge on any atom is -0.482 e. The fourth-order valence-corrected chi connectivity index (χ4v) is 2.07. The molecule has 0 radical (unpaired) electrons. The van der Waals surface area contributed by atoms with E-state index >= 15 is 0 Å². The molecule has 0 aromatic heterocycles. The highest BCUT2D eigenvalue weighted by molar-refractivity contribution is 6.35. The first-order chi connectivity index (χ1) is 9.31. The molecule has 0 aliphatic carbocycles. The summed E-state index contributed by atoms with van der Waals surface area (Å²) < 4.78 is 5.56. The Balaban J connectivity index is 2.89. The van der Waals surface area contributed by atoms with Crippen LogP contribution in [0.25, 0.3) is 0 Å². The number of likely N-dealkylation sites (N-methyl/N-ethyl adjacent to an activating group) is 1. The Morgan fingerprint density at radius 1 is 1.35 bits per heavy atom. The lowest BCUT2D eigenvalue weighted by atomic mass is 10.2. The summed E-state index contributed by atoms with van der Waals surface area (Å²) in [4.78, 5) is 13.1. The molecule has 20 heavy (non-hydrogen) atoms. The van der Waals surface area contributed by atoms with Gasteiger partial charge in [-0.3, -0.25) is 4.79 Å². The lowest BCUT2D eigenvalue weighted by molar-refractivity contribution is -0.130. The largest absolute Gasteiger partial charge is 0.482 e. The van der Waals surface area contributed by atoms with Gasteiger partial charge in [0.25, 0.3) is 5.91 Å². The van der Waals surface area contributed by atoms with Gasteiger partial charge in [-0.2, -0.15) is 0 Å². The maximum Gasteiger partial charge on any atom is 0.259 e. The Morgan fingerprint density at radius 3 is 2.55 bits per heavy atom. The van der Waals surface area contributed by atoms with E-state index in [2.05, 4.69) is 5.32 Å². The highest BCUT2D eigenvalue weighted by atomic mass is 35.5. The van der Waals surface area contributed by atoms with Crippen LogP contribution in [0.2, 0.25) is 10.0 Å². The topological polar surface area (TPSA) is 41.6 Å². The molecule has 0 bridgehead atoms. The average Bonchev–Trinajstić information content (AvgIpc) is 2.34. The second kappa shape index (κ2) is 7.72. The van der Waals surface area contributed by atoms with E-state index in [1.807, 2.05) is 13.8 Å². The monoisotopic (exact) mass is 318 g/mol. The van der Waals surface area contributed by atoms with Crippen LogP contribution < -0.4 is 10.1 Å². The zero-order chi connectivity index (χ0) is 15.3. The first-order valence-corrected chi connectivity index (χ1v) is 7.11. The number of carbonyl (C=O) groups excluding carboxylic acids is 1. The highest BCUT2D eigenvalue weighted by Gasteiger charge is 2.13. The molecule has 1 rings (SSSR count). The molecule has 0 unspecified atom stereocenters. The van der Waals surface area contributed by atoms with Crippen LogP contribution in [0.1, 0.15) is 19.4 Å². The zero-order valence-corrected chi connectivity index (χ0v) is 13.7. The van der Waals surface area contributed by atoms with Gasteiger partial charge in [0.05, 0.1) is 5.02 Å². The van der Waals surface area contributed by atoms with Gasteiger partial charge in [-0.1, -0.05) is 37.0 Å². The summed E-state index contributed by atoms with van der Waals surface area (Å²) in [6, 6.07) is 3.72. The minimum atomic E-state index is -0.126. The van der Waals surface area contributed by atoms with Gasteiger partial charge in [-0.25, -0.2) is 0 Å². The van der Waals surface area contributed by atoms with E-state index in [4.69, 9.17) is 27.9 Å². The molecule has 0 atom stereocenters. The number of nitrogens with one attached hydrogen (secondary N) is 1. The van der Waals surface area contributed by atoms with E-state index in [1.165, 1.54) is 4.90 Å². The lowest BCUT2D eigenvalue weighted by Gasteiger charge is -2.17. The summed E-state index contributed by atoms with van der Waals surface area (Å²) in [7, 11) is 3.35. The number of hydrogen-bond acceptors (Lipinski definition) is 3. The molecule has 0 fully saturated rings. The van der Waals surface area contributed by atoms with Crippen LogP contribution in [-0.2, 0) is 11.3 Å². The highest BCUT2D eigenvalue weighted by Crippen LogP contribution is 2.32. The standard InChI is InChI=1S/C14H20Cl2N2O2/c1-9(2)17-7-10-5-11(15)6-12(16)14(10)20-8-13(19)18(3)4/h5-6,9,17H,7-8H2,1-4H3. The molecule has 1 amide bonds. The second-order valence-electron chi connectivity index (χ2n) is 4.99. The van der Waals surface area contributed by atoms with Gasteiger partial charge in [0.15, 0.2) is 6.61 Å². The van der Waals surface area contributed by atoms with Gasteiger partial charge in [-0.05, 0) is 12.1 Å². The van der Waals surface area contributed by atoms with Crippen molar-refractivity contribution in [3.63, 3.8) is 0 Å². The van der Waals surface area contributed by atoms with Crippen molar-refractivity contribution in [1.29, 1.82) is 0 Å². The van der Waals surface area contributed by atoms with Crippen molar-refractivity contribution in [2.75, 3.05) is 20.7 Å². The fraction of sp³-hybridized carbons (Fsp3) is 0.500. The minimum absolute atomic E-state index is 0.0525. The maximum absolute atomic E-state index is 11.6. The van der Waals surface area contributed by atoms with E-state index in [0.717, 1.165) is 5.56 Å². The fourth-order valence-electron chi connectivity index (χ4n) is 1.48. The van der Waals surface area contributed by atoms with E-state index in [9.17, 15) is 4.79 Å². The Kier molecular flexibility index (Phi) is 6.59. The molecule has 4 nitrogen and oxygen atoms in total. The number of ether oxygens (including phenoxy) is 1. The number of amides is 1. The van der Waals surface area contributed by atoms with Crippen LogP contribution in [0, 0.1) is 0 Å². The lowest BCUT2D eigenvalue weighted by Crippen LogP contribution is -2.28. The summed E-state index contributed by atoms with van der Waals surface area (Å²) in [5.74, 6) is 0.373. The van der Waals surface area contributed by atoms with Crippen molar-refractivity contribution in [3.8, 4) is 5.75 Å². The average molecular weight is 319 g/mol. The molecule has 0 saturated heterocycles. The SMILES string of the molecule is CC(C)NCc1cc(Cl)cc(Cl)c1OCC(=O)N(C)C. The Morgan fingerprint density at radius 2 is 2.00 bits per heavy atom. The van der Waals surface area contributed by atoms with Gasteiger partial charge in [-0.15, -0.1) is 0 Å². The van der Waals surface area contributed by atoms with E-state index in [0.29, 0.717) is 28.4 Å². The molecule has 1 N–H and O–H groups in total. The molecule has 0 heterocycles. The number of carbonyl (C=O) groups is 1. The van der Waals surface area contributed by atoms with Gasteiger partial charge in [0, 0.05) is 37.3 Å². The maximum atomic E-state index is 11.6. The number of rotatable bonds is 6. The molecule has 0 aliphatic heterocycles. The van der Waals surface area contributed by atoms with Crippen molar-refractivity contribution >= 4 is 29.1 Å². The second-order valence-corrected chi connectivity index (χ2v) is 5.83. The molecule has 1 aromatic carbocycles. The third-order valence-electron chi connectivity index (χ3n) is 2.62. The predicted molar refractivity (Wildman–Crippen MR) is 82.6 cm³/mol. The summed E-state index contributed by atoms with van der Waals surface area (Å²) in [6.07, 6.45) is 0. The quantitative estimate of drug-likeness (QED) is 0.876. The number of benzene rings is 1. The third-order valence-corrected chi connectivity index (χ3v) is 3.12. The smallest absolute Gasteiger partial charge is 0.259 e. The normalized spacial score (nSPS) is 10.8. The Bertz CT molecular complexity index is 476. The number of nitrogens with zero attached hydrogens (tertiary/aromatic N) is 1. The van der Waals surface area contributed by atoms with Crippen molar-refractivity contribution in [1.82, 2.24) is 10.2 Å². The first kappa shape index (κ1) is 17.1. The summed E-state index contributed by atoms with van der Waals surface area (Å²) >= 11 is 12.2. The van der Waals surface area contributed by atoms with Gasteiger partial charge in [0.2, 0.25) is 0 Å². The molecule has 0 spiro atoms. The van der Waals surface area contributed by atoms with E-state index in [1.54, 1.807) is 26.2 Å². The van der Waals surface area contributed by atoms with Crippen LogP contribution in [0.5, 0.6) is 5.75 Å². The van der Waals surface area contributed by atoms with E-state index in [-0.39, 0.29) is 12.5 Å². The number of halogens is 2. The van der Waals surface area contributed by atoms with Crippen molar-refractivity contribution in [2.24, 2.45) is 0 Å². The Hall–Kier alpha value is -0.970. The van der Waals surface area contributed by atoms with Crippen LogP contribution in [0.4, 0.5) is 0 Å². The van der Waals surface area contributed by atoms with Crippen LogP contribution >= 0.6 is 23.2 Å². The molecule has 6 heteroatoms. The molecule has 112 valence electrons. The van der Waals surface area contributed by atoms with Crippen LogP contribution in [0.15, 0.2) is 12.1 Å². The molecular weight excluding hydrogens is 299 g/mol. The van der Waals surface area contributed by atoms with Crippen LogP contribution in [-0.4, -0.2) is 37.6 Å². The first-order valence-electron chi connectivity index (χ1n) is 6.35. The zero-order valence-electron chi connectivity index (χ0n) is 12.2. The molecular formula is C14H20Cl2N2O2. The predicted octanol–water partition coefficient (Wildman–Crippen LogP) is 2.96. The Labute approximate surface area is 130 Å². The van der Waals surface area contributed by atoms with Gasteiger partial charge < -0.3 is 15.0 Å². The molecule has 0 aliphatic rings. The van der Waals surface area contributed by atoms with Crippen LogP contribution in [0.3, 0.4) is 0 Å². The molecule has 0 saturated carbocycles. The molecule has 1 aromatic rings. The summed E-state index contributed by atoms with van der Waals surface area (Å²) in [5, 5.41) is 4.22. The number of hydrogen-bond donors (Lipinski definition) is 1. The van der Waals surface area contributed by atoms with Gasteiger partial charge >= 0.3 is 0 Å². The van der Waals surface area contributed by atoms with E-state index < -0.39 is 0 Å².